The van der Waals surface area contributed by atoms with Crippen LogP contribution in [0.5, 0.6) is 0 Å². The number of rotatable bonds is 5. The van der Waals surface area contributed by atoms with Gasteiger partial charge in [-0.05, 0) is 31.1 Å². The van der Waals surface area contributed by atoms with E-state index < -0.39 is 0 Å². The van der Waals surface area contributed by atoms with Crippen molar-refractivity contribution in [2.24, 2.45) is 17.8 Å². The summed E-state index contributed by atoms with van der Waals surface area (Å²) in [6, 6.07) is 0. The molecule has 0 radical (unpaired) electrons. The van der Waals surface area contributed by atoms with Crippen LogP contribution in [0, 0.1) is 17.8 Å². The lowest BCUT2D eigenvalue weighted by atomic mass is 9.86. The van der Waals surface area contributed by atoms with Crippen LogP contribution in [0.3, 0.4) is 0 Å². The Morgan fingerprint density at radius 2 is 1.94 bits per heavy atom. The number of hydrogen-bond acceptors (Lipinski definition) is 1. The van der Waals surface area contributed by atoms with Gasteiger partial charge in [0.25, 0.3) is 0 Å². The van der Waals surface area contributed by atoms with E-state index in [1.165, 1.54) is 44.9 Å². The monoisotopic (exact) mass is 223 g/mol. The molecule has 2 atom stereocenters. The minimum atomic E-state index is 0.302. The highest BCUT2D eigenvalue weighted by molar-refractivity contribution is 5.81. The van der Waals surface area contributed by atoms with Crippen molar-refractivity contribution < 1.29 is 4.79 Å². The van der Waals surface area contributed by atoms with Gasteiger partial charge in [-0.1, -0.05) is 39.0 Å². The van der Waals surface area contributed by atoms with E-state index in [1.54, 1.807) is 0 Å². The molecule has 92 valence electrons. The van der Waals surface area contributed by atoms with Crippen molar-refractivity contribution >= 4 is 5.91 Å². The first-order chi connectivity index (χ1) is 7.77. The van der Waals surface area contributed by atoms with Gasteiger partial charge in [0.1, 0.15) is 0 Å². The fourth-order valence-corrected chi connectivity index (χ4v) is 2.90. The van der Waals surface area contributed by atoms with E-state index >= 15 is 0 Å². The summed E-state index contributed by atoms with van der Waals surface area (Å²) >= 11 is 0. The second kappa shape index (κ2) is 5.70. The fraction of sp³-hybridized carbons (Fsp3) is 0.929. The van der Waals surface area contributed by atoms with E-state index in [1.807, 2.05) is 0 Å². The molecule has 0 aromatic carbocycles. The Kier molecular flexibility index (Phi) is 4.25. The van der Waals surface area contributed by atoms with Crippen molar-refractivity contribution in [1.29, 1.82) is 0 Å². The van der Waals surface area contributed by atoms with Crippen molar-refractivity contribution in [3.8, 4) is 0 Å². The Labute approximate surface area is 99.2 Å². The lowest BCUT2D eigenvalue weighted by Crippen LogP contribution is -2.26. The van der Waals surface area contributed by atoms with Crippen LogP contribution in [-0.2, 0) is 4.79 Å². The number of hydrogen-bond donors (Lipinski definition) is 1. The third kappa shape index (κ3) is 3.50. The third-order valence-corrected chi connectivity index (χ3v) is 4.26. The molecule has 0 aliphatic heterocycles. The van der Waals surface area contributed by atoms with E-state index in [-0.39, 0.29) is 0 Å². The molecule has 2 heteroatoms. The smallest absolute Gasteiger partial charge is 0.223 e. The molecule has 1 amide bonds. The number of carbonyl (C=O) groups excluding carboxylic acids is 1. The predicted molar refractivity (Wildman–Crippen MR) is 66.1 cm³/mol. The van der Waals surface area contributed by atoms with Crippen molar-refractivity contribution in [3.05, 3.63) is 0 Å². The maximum atomic E-state index is 11.6. The summed E-state index contributed by atoms with van der Waals surface area (Å²) in [4.78, 5) is 11.6. The van der Waals surface area contributed by atoms with Crippen LogP contribution in [0.2, 0.25) is 0 Å². The van der Waals surface area contributed by atoms with Crippen LogP contribution in [0.15, 0.2) is 0 Å². The second-order valence-electron chi connectivity index (χ2n) is 5.76. The molecule has 2 saturated carbocycles. The Balaban J connectivity index is 1.49. The first kappa shape index (κ1) is 11.9. The molecule has 0 spiro atoms. The van der Waals surface area contributed by atoms with Gasteiger partial charge in [-0.25, -0.2) is 0 Å². The zero-order valence-corrected chi connectivity index (χ0v) is 10.5. The molecule has 1 N–H and O–H groups in total. The largest absolute Gasteiger partial charge is 0.356 e. The molecule has 2 aliphatic rings. The standard InChI is InChI=1S/C14H25NO/c1-11-10-13(11)14(16)15-9-5-8-12-6-3-2-4-7-12/h11-13H,2-10H2,1H3,(H,15,16)/t11-,13-/m0/s1. The molecular formula is C14H25NO. The Morgan fingerprint density at radius 1 is 1.25 bits per heavy atom. The molecule has 0 bridgehead atoms. The molecule has 0 aromatic heterocycles. The van der Waals surface area contributed by atoms with Crippen LogP contribution in [-0.4, -0.2) is 12.5 Å². The molecule has 0 saturated heterocycles. The topological polar surface area (TPSA) is 29.1 Å². The molecule has 2 fully saturated rings. The van der Waals surface area contributed by atoms with Gasteiger partial charge in [-0.2, -0.15) is 0 Å². The summed E-state index contributed by atoms with van der Waals surface area (Å²) < 4.78 is 0. The van der Waals surface area contributed by atoms with Gasteiger partial charge < -0.3 is 5.32 Å². The highest BCUT2D eigenvalue weighted by atomic mass is 16.2. The number of amides is 1. The quantitative estimate of drug-likeness (QED) is 0.713. The lowest BCUT2D eigenvalue weighted by molar-refractivity contribution is -0.122. The number of nitrogens with one attached hydrogen (secondary N) is 1. The van der Waals surface area contributed by atoms with E-state index in [0.29, 0.717) is 17.7 Å². The zero-order chi connectivity index (χ0) is 11.4. The highest BCUT2D eigenvalue weighted by Crippen LogP contribution is 2.37. The average molecular weight is 223 g/mol. The van der Waals surface area contributed by atoms with Crippen LogP contribution >= 0.6 is 0 Å². The Morgan fingerprint density at radius 3 is 2.56 bits per heavy atom. The van der Waals surface area contributed by atoms with E-state index in [9.17, 15) is 4.79 Å². The fourth-order valence-electron chi connectivity index (χ4n) is 2.90. The molecule has 16 heavy (non-hydrogen) atoms. The Bertz CT molecular complexity index is 233. The zero-order valence-electron chi connectivity index (χ0n) is 10.5. The van der Waals surface area contributed by atoms with Gasteiger partial charge in [0.2, 0.25) is 5.91 Å². The van der Waals surface area contributed by atoms with E-state index in [2.05, 4.69) is 12.2 Å². The summed E-state index contributed by atoms with van der Waals surface area (Å²) in [7, 11) is 0. The predicted octanol–water partition coefficient (Wildman–Crippen LogP) is 3.12. The first-order valence-electron chi connectivity index (χ1n) is 7.05. The van der Waals surface area contributed by atoms with Crippen molar-refractivity contribution in [2.75, 3.05) is 6.54 Å². The SMILES string of the molecule is C[C@H]1C[C@@H]1C(=O)NCCCC1CCCCC1. The van der Waals surface area contributed by atoms with Gasteiger partial charge in [0.05, 0.1) is 0 Å². The molecule has 0 unspecified atom stereocenters. The summed E-state index contributed by atoms with van der Waals surface area (Å²) in [5, 5.41) is 3.08. The van der Waals surface area contributed by atoms with Crippen LogP contribution in [0.4, 0.5) is 0 Å². The lowest BCUT2D eigenvalue weighted by Gasteiger charge is -2.21. The summed E-state index contributed by atoms with van der Waals surface area (Å²) in [5.41, 5.74) is 0. The maximum absolute atomic E-state index is 11.6. The first-order valence-corrected chi connectivity index (χ1v) is 7.05. The van der Waals surface area contributed by atoms with Gasteiger partial charge in [0.15, 0.2) is 0 Å². The van der Waals surface area contributed by atoms with Crippen LogP contribution in [0.25, 0.3) is 0 Å². The molecule has 0 heterocycles. The van der Waals surface area contributed by atoms with Crippen LogP contribution in [0.1, 0.15) is 58.3 Å². The summed E-state index contributed by atoms with van der Waals surface area (Å²) in [5.74, 6) is 2.23. The highest BCUT2D eigenvalue weighted by Gasteiger charge is 2.38. The maximum Gasteiger partial charge on any atom is 0.223 e. The molecule has 2 nitrogen and oxygen atoms in total. The van der Waals surface area contributed by atoms with Gasteiger partial charge in [-0.3, -0.25) is 4.79 Å². The van der Waals surface area contributed by atoms with Crippen molar-refractivity contribution in [1.82, 2.24) is 5.32 Å². The van der Waals surface area contributed by atoms with E-state index in [4.69, 9.17) is 0 Å². The molecule has 2 rings (SSSR count). The van der Waals surface area contributed by atoms with Gasteiger partial charge in [-0.15, -0.1) is 0 Å². The van der Waals surface area contributed by atoms with Crippen molar-refractivity contribution in [3.63, 3.8) is 0 Å². The average Bonchev–Trinajstić information content (AvgIpc) is 3.03. The molecular weight excluding hydrogens is 198 g/mol. The summed E-state index contributed by atoms with van der Waals surface area (Å²) in [6.45, 7) is 3.06. The summed E-state index contributed by atoms with van der Waals surface area (Å²) in [6.07, 6.45) is 10.7. The number of carbonyl (C=O) groups is 1. The second-order valence-corrected chi connectivity index (χ2v) is 5.76. The van der Waals surface area contributed by atoms with E-state index in [0.717, 1.165) is 18.9 Å². The van der Waals surface area contributed by atoms with Gasteiger partial charge >= 0.3 is 0 Å². The normalized spacial score (nSPS) is 30.1. The molecule has 0 aromatic rings. The third-order valence-electron chi connectivity index (χ3n) is 4.26. The van der Waals surface area contributed by atoms with Crippen LogP contribution < -0.4 is 5.32 Å². The minimum absolute atomic E-state index is 0.302. The Hall–Kier alpha value is -0.530. The van der Waals surface area contributed by atoms with Gasteiger partial charge in [0, 0.05) is 12.5 Å². The minimum Gasteiger partial charge on any atom is -0.356 e. The molecule has 2 aliphatic carbocycles. The van der Waals surface area contributed by atoms with Crippen molar-refractivity contribution in [2.45, 2.75) is 58.3 Å².